The lowest BCUT2D eigenvalue weighted by Crippen LogP contribution is -2.58. The molecular formula is C29H31N3O5S. The number of rotatable bonds is 5. The molecule has 0 saturated carbocycles. The maximum atomic E-state index is 14.1. The molecule has 0 aliphatic carbocycles. The number of aromatic hydroxyl groups is 1. The van der Waals surface area contributed by atoms with Crippen LogP contribution in [0.2, 0.25) is 0 Å². The van der Waals surface area contributed by atoms with Gasteiger partial charge in [-0.3, -0.25) is 9.59 Å². The topological polar surface area (TPSA) is 98.2 Å². The minimum atomic E-state index is -3.64. The smallest absolute Gasteiger partial charge is 0.253 e. The van der Waals surface area contributed by atoms with Gasteiger partial charge in [0.1, 0.15) is 5.75 Å². The van der Waals surface area contributed by atoms with Gasteiger partial charge in [0.25, 0.3) is 5.91 Å². The fourth-order valence-corrected chi connectivity index (χ4v) is 6.90. The first-order valence-corrected chi connectivity index (χ1v) is 14.2. The number of piperidine rings is 1. The lowest BCUT2D eigenvalue weighted by Gasteiger charge is -2.45. The third-order valence-electron chi connectivity index (χ3n) is 7.66. The SMILES string of the molecule is O=C(c1ccc(O)cc1)N1CCN(C(=O)C2(c3ccccc3)CCN(S(=O)(=O)c3ccccc3)CC2)CC1. The quantitative estimate of drug-likeness (QED) is 0.544. The Morgan fingerprint density at radius 1 is 0.684 bits per heavy atom. The van der Waals surface area contributed by atoms with Gasteiger partial charge in [-0.2, -0.15) is 4.31 Å². The van der Waals surface area contributed by atoms with Crippen molar-refractivity contribution in [2.45, 2.75) is 23.2 Å². The molecule has 2 amide bonds. The van der Waals surface area contributed by atoms with Crippen molar-refractivity contribution in [3.05, 3.63) is 96.1 Å². The summed E-state index contributed by atoms with van der Waals surface area (Å²) in [7, 11) is -3.64. The molecule has 3 aromatic rings. The molecule has 2 aliphatic rings. The van der Waals surface area contributed by atoms with Gasteiger partial charge in [0.2, 0.25) is 15.9 Å². The first-order chi connectivity index (χ1) is 18.3. The molecule has 2 heterocycles. The van der Waals surface area contributed by atoms with Gasteiger partial charge in [-0.1, -0.05) is 48.5 Å². The molecule has 198 valence electrons. The van der Waals surface area contributed by atoms with Crippen LogP contribution in [0.1, 0.15) is 28.8 Å². The van der Waals surface area contributed by atoms with Gasteiger partial charge in [-0.25, -0.2) is 8.42 Å². The number of piperazine rings is 1. The number of phenolic OH excluding ortho intramolecular Hbond substituents is 1. The molecule has 1 N–H and O–H groups in total. The monoisotopic (exact) mass is 533 g/mol. The van der Waals surface area contributed by atoms with E-state index in [2.05, 4.69) is 0 Å². The Hall–Kier alpha value is -3.69. The van der Waals surface area contributed by atoms with E-state index < -0.39 is 15.4 Å². The van der Waals surface area contributed by atoms with Crippen molar-refractivity contribution < 1.29 is 23.1 Å². The lowest BCUT2D eigenvalue weighted by molar-refractivity contribution is -0.140. The molecule has 2 saturated heterocycles. The predicted octanol–water partition coefficient (Wildman–Crippen LogP) is 3.10. The van der Waals surface area contributed by atoms with Crippen molar-refractivity contribution in [2.75, 3.05) is 39.3 Å². The van der Waals surface area contributed by atoms with Gasteiger partial charge in [-0.15, -0.1) is 0 Å². The second kappa shape index (κ2) is 10.6. The molecule has 38 heavy (non-hydrogen) atoms. The average Bonchev–Trinajstić information content (AvgIpc) is 2.98. The zero-order valence-electron chi connectivity index (χ0n) is 21.1. The number of nitrogens with zero attached hydrogens (tertiary/aromatic N) is 3. The van der Waals surface area contributed by atoms with Gasteiger partial charge >= 0.3 is 0 Å². The van der Waals surface area contributed by atoms with Crippen LogP contribution in [0.15, 0.2) is 89.8 Å². The summed E-state index contributed by atoms with van der Waals surface area (Å²) in [5.74, 6) is -0.0442. The van der Waals surface area contributed by atoms with Crippen molar-refractivity contribution in [1.82, 2.24) is 14.1 Å². The minimum Gasteiger partial charge on any atom is -0.508 e. The Bertz CT molecular complexity index is 1380. The van der Waals surface area contributed by atoms with Crippen LogP contribution in [0.5, 0.6) is 5.75 Å². The van der Waals surface area contributed by atoms with Gasteiger partial charge in [-0.05, 0) is 54.8 Å². The molecule has 0 aromatic heterocycles. The summed E-state index contributed by atoms with van der Waals surface area (Å²) < 4.78 is 27.9. The molecule has 0 atom stereocenters. The third-order valence-corrected chi connectivity index (χ3v) is 9.57. The molecule has 0 unspecified atom stereocenters. The number of hydrogen-bond donors (Lipinski definition) is 1. The van der Waals surface area contributed by atoms with Gasteiger partial charge < -0.3 is 14.9 Å². The van der Waals surface area contributed by atoms with Crippen LogP contribution in [-0.4, -0.2) is 78.7 Å². The highest BCUT2D eigenvalue weighted by Crippen LogP contribution is 2.39. The van der Waals surface area contributed by atoms with Crippen LogP contribution in [0.3, 0.4) is 0 Å². The second-order valence-corrected chi connectivity index (χ2v) is 11.7. The minimum absolute atomic E-state index is 0.0165. The highest BCUT2D eigenvalue weighted by molar-refractivity contribution is 7.89. The zero-order valence-corrected chi connectivity index (χ0v) is 21.9. The molecule has 2 fully saturated rings. The molecule has 0 spiro atoms. The summed E-state index contributed by atoms with van der Waals surface area (Å²) in [6, 6.07) is 24.2. The zero-order chi connectivity index (χ0) is 26.8. The van der Waals surface area contributed by atoms with Crippen LogP contribution in [0.4, 0.5) is 0 Å². The maximum absolute atomic E-state index is 14.1. The second-order valence-electron chi connectivity index (χ2n) is 9.80. The van der Waals surface area contributed by atoms with Crippen LogP contribution < -0.4 is 0 Å². The number of carbonyl (C=O) groups excluding carboxylic acids is 2. The van der Waals surface area contributed by atoms with E-state index in [0.29, 0.717) is 44.6 Å². The van der Waals surface area contributed by atoms with E-state index in [1.807, 2.05) is 35.2 Å². The van der Waals surface area contributed by atoms with Crippen molar-refractivity contribution in [2.24, 2.45) is 0 Å². The first-order valence-electron chi connectivity index (χ1n) is 12.8. The van der Waals surface area contributed by atoms with Crippen LogP contribution in [-0.2, 0) is 20.2 Å². The fraction of sp³-hybridized carbons (Fsp3) is 0.310. The summed E-state index contributed by atoms with van der Waals surface area (Å²) >= 11 is 0. The van der Waals surface area contributed by atoms with E-state index in [-0.39, 0.29) is 35.5 Å². The standard InChI is InChI=1S/C29H31N3O5S/c33-25-13-11-23(12-14-25)27(34)30-19-21-31(22-20-30)28(35)29(24-7-3-1-4-8-24)15-17-32(18-16-29)38(36,37)26-9-5-2-6-10-26/h1-14,33H,15-22H2. The maximum Gasteiger partial charge on any atom is 0.253 e. The molecule has 0 bridgehead atoms. The number of amides is 2. The molecule has 9 heteroatoms. The van der Waals surface area contributed by atoms with Crippen molar-refractivity contribution in [3.8, 4) is 5.75 Å². The first kappa shape index (κ1) is 25.9. The molecular weight excluding hydrogens is 502 g/mol. The highest BCUT2D eigenvalue weighted by atomic mass is 32.2. The van der Waals surface area contributed by atoms with E-state index in [4.69, 9.17) is 0 Å². The lowest BCUT2D eigenvalue weighted by atomic mass is 9.72. The van der Waals surface area contributed by atoms with E-state index >= 15 is 0 Å². The van der Waals surface area contributed by atoms with Gasteiger partial charge in [0.05, 0.1) is 10.3 Å². The molecule has 3 aromatic carbocycles. The Balaban J connectivity index is 1.32. The number of phenols is 1. The normalized spacial score (nSPS) is 18.2. The van der Waals surface area contributed by atoms with Crippen molar-refractivity contribution in [3.63, 3.8) is 0 Å². The summed E-state index contributed by atoms with van der Waals surface area (Å²) in [6.45, 7) is 2.12. The van der Waals surface area contributed by atoms with E-state index in [1.54, 1.807) is 47.4 Å². The summed E-state index contributed by atoms with van der Waals surface area (Å²) in [6.07, 6.45) is 0.767. The largest absolute Gasteiger partial charge is 0.508 e. The van der Waals surface area contributed by atoms with Gasteiger partial charge in [0, 0.05) is 44.8 Å². The van der Waals surface area contributed by atoms with E-state index in [1.165, 1.54) is 16.4 Å². The summed E-state index contributed by atoms with van der Waals surface area (Å²) in [4.78, 5) is 30.8. The van der Waals surface area contributed by atoms with Crippen LogP contribution >= 0.6 is 0 Å². The molecule has 8 nitrogen and oxygen atoms in total. The number of sulfonamides is 1. The molecule has 5 rings (SSSR count). The van der Waals surface area contributed by atoms with Crippen LogP contribution in [0.25, 0.3) is 0 Å². The number of carbonyl (C=O) groups is 2. The Morgan fingerprint density at radius 2 is 1.21 bits per heavy atom. The Morgan fingerprint density at radius 3 is 1.79 bits per heavy atom. The van der Waals surface area contributed by atoms with Crippen molar-refractivity contribution >= 4 is 21.8 Å². The predicted molar refractivity (Wildman–Crippen MR) is 143 cm³/mol. The van der Waals surface area contributed by atoms with Crippen molar-refractivity contribution in [1.29, 1.82) is 0 Å². The molecule has 2 aliphatic heterocycles. The fourth-order valence-electron chi connectivity index (χ4n) is 5.43. The third kappa shape index (κ3) is 4.91. The average molecular weight is 534 g/mol. The highest BCUT2D eigenvalue weighted by Gasteiger charge is 2.47. The Labute approximate surface area is 223 Å². The van der Waals surface area contributed by atoms with Gasteiger partial charge in [0.15, 0.2) is 0 Å². The van der Waals surface area contributed by atoms with E-state index in [0.717, 1.165) is 5.56 Å². The Kier molecular flexibility index (Phi) is 7.23. The summed E-state index contributed by atoms with van der Waals surface area (Å²) in [5, 5.41) is 9.50. The number of benzene rings is 3. The number of hydrogen-bond acceptors (Lipinski definition) is 5. The molecule has 0 radical (unpaired) electrons. The van der Waals surface area contributed by atoms with Crippen LogP contribution in [0, 0.1) is 0 Å². The summed E-state index contributed by atoms with van der Waals surface area (Å²) in [5.41, 5.74) is 0.562. The van der Waals surface area contributed by atoms with E-state index in [9.17, 15) is 23.1 Å².